The second-order valence-corrected chi connectivity index (χ2v) is 8.05. The van der Waals surface area contributed by atoms with Gasteiger partial charge in [-0.1, -0.05) is 30.3 Å². The van der Waals surface area contributed by atoms with E-state index in [4.69, 9.17) is 14.2 Å². The number of carbonyl (C=O) groups is 2. The second kappa shape index (κ2) is 8.50. The van der Waals surface area contributed by atoms with Gasteiger partial charge in [0.2, 0.25) is 5.91 Å². The zero-order valence-corrected chi connectivity index (χ0v) is 18.4. The molecule has 0 radical (unpaired) electrons. The molecule has 0 unspecified atom stereocenters. The van der Waals surface area contributed by atoms with Crippen LogP contribution in [-0.4, -0.2) is 44.1 Å². The number of benzene rings is 3. The topological polar surface area (TPSA) is 77.1 Å². The van der Waals surface area contributed by atoms with Crippen LogP contribution in [0.2, 0.25) is 0 Å². The maximum atomic E-state index is 13.7. The van der Waals surface area contributed by atoms with Crippen molar-refractivity contribution < 1.29 is 23.8 Å². The summed E-state index contributed by atoms with van der Waals surface area (Å²) in [6, 6.07) is 19.6. The molecular formula is C26H24N2O5. The molecule has 2 aliphatic heterocycles. The summed E-state index contributed by atoms with van der Waals surface area (Å²) in [6.45, 7) is 0.967. The van der Waals surface area contributed by atoms with E-state index in [1.165, 1.54) is 0 Å². The van der Waals surface area contributed by atoms with Crippen LogP contribution in [0.3, 0.4) is 0 Å². The number of nitrogens with zero attached hydrogens (tertiary/aromatic N) is 1. The Labute approximate surface area is 191 Å². The third-order valence-corrected chi connectivity index (χ3v) is 6.13. The van der Waals surface area contributed by atoms with Gasteiger partial charge in [0.25, 0.3) is 5.91 Å². The van der Waals surface area contributed by atoms with Crippen molar-refractivity contribution >= 4 is 17.5 Å². The molecule has 3 aromatic rings. The van der Waals surface area contributed by atoms with Gasteiger partial charge in [-0.2, -0.15) is 0 Å². The van der Waals surface area contributed by atoms with Gasteiger partial charge in [0.1, 0.15) is 19.0 Å². The zero-order chi connectivity index (χ0) is 22.9. The van der Waals surface area contributed by atoms with Crippen molar-refractivity contribution in [2.45, 2.75) is 12.0 Å². The summed E-state index contributed by atoms with van der Waals surface area (Å²) >= 11 is 0. The highest BCUT2D eigenvalue weighted by Gasteiger charge is 2.42. The Kier molecular flexibility index (Phi) is 5.38. The van der Waals surface area contributed by atoms with Crippen LogP contribution in [0.1, 0.15) is 33.4 Å². The monoisotopic (exact) mass is 444 g/mol. The Bertz CT molecular complexity index is 1210. The molecule has 168 valence electrons. The SMILES string of the molecule is COc1ccc([C@@H]2[C@H](C(=O)Nc3ccc4c(c3)OCCO4)c3ccccc3C(=O)N2C)cc1. The Morgan fingerprint density at radius 1 is 1.00 bits per heavy atom. The van der Waals surface area contributed by atoms with Crippen LogP contribution in [0.15, 0.2) is 66.7 Å². The van der Waals surface area contributed by atoms with Crippen molar-refractivity contribution in [2.24, 2.45) is 0 Å². The number of nitrogens with one attached hydrogen (secondary N) is 1. The molecule has 0 aromatic heterocycles. The lowest BCUT2D eigenvalue weighted by Crippen LogP contribution is -2.44. The van der Waals surface area contributed by atoms with Crippen molar-refractivity contribution in [3.05, 3.63) is 83.4 Å². The summed E-state index contributed by atoms with van der Waals surface area (Å²) in [5.41, 5.74) is 2.70. The molecule has 7 nitrogen and oxygen atoms in total. The molecule has 1 N–H and O–H groups in total. The van der Waals surface area contributed by atoms with E-state index in [0.29, 0.717) is 47.3 Å². The number of amides is 2. The quantitative estimate of drug-likeness (QED) is 0.658. The summed E-state index contributed by atoms with van der Waals surface area (Å²) < 4.78 is 16.5. The lowest BCUT2D eigenvalue weighted by atomic mass is 9.79. The number of hydrogen-bond donors (Lipinski definition) is 1. The zero-order valence-electron chi connectivity index (χ0n) is 18.4. The van der Waals surface area contributed by atoms with Crippen LogP contribution in [0, 0.1) is 0 Å². The molecule has 0 bridgehead atoms. The summed E-state index contributed by atoms with van der Waals surface area (Å²) in [4.78, 5) is 28.5. The first kappa shape index (κ1) is 20.9. The molecule has 0 spiro atoms. The number of methoxy groups -OCH3 is 1. The molecule has 2 aliphatic rings. The fourth-order valence-electron chi connectivity index (χ4n) is 4.52. The first-order chi connectivity index (χ1) is 16.1. The van der Waals surface area contributed by atoms with E-state index in [9.17, 15) is 9.59 Å². The van der Waals surface area contributed by atoms with Crippen LogP contribution >= 0.6 is 0 Å². The standard InChI is InChI=1S/C26H24N2O5/c1-28-24(16-7-10-18(31-2)11-8-16)23(19-5-3-4-6-20(19)26(28)30)25(29)27-17-9-12-21-22(15-17)33-14-13-32-21/h3-12,15,23-24H,13-14H2,1-2H3,(H,27,29)/t23-,24-/m1/s1. The predicted molar refractivity (Wildman–Crippen MR) is 123 cm³/mol. The summed E-state index contributed by atoms with van der Waals surface area (Å²) in [5.74, 6) is 1.03. The molecule has 0 aliphatic carbocycles. The average molecular weight is 444 g/mol. The third-order valence-electron chi connectivity index (χ3n) is 6.13. The number of fused-ring (bicyclic) bond motifs is 2. The Morgan fingerprint density at radius 3 is 2.48 bits per heavy atom. The van der Waals surface area contributed by atoms with Crippen LogP contribution < -0.4 is 19.5 Å². The lowest BCUT2D eigenvalue weighted by molar-refractivity contribution is -0.119. The highest BCUT2D eigenvalue weighted by Crippen LogP contribution is 2.43. The molecular weight excluding hydrogens is 420 g/mol. The van der Waals surface area contributed by atoms with Crippen molar-refractivity contribution in [2.75, 3.05) is 32.7 Å². The number of hydrogen-bond acceptors (Lipinski definition) is 5. The Balaban J connectivity index is 1.54. The van der Waals surface area contributed by atoms with E-state index in [0.717, 1.165) is 5.56 Å². The maximum absolute atomic E-state index is 13.7. The number of anilines is 1. The predicted octanol–water partition coefficient (Wildman–Crippen LogP) is 4.02. The fourth-order valence-corrected chi connectivity index (χ4v) is 4.52. The molecule has 0 fully saturated rings. The van der Waals surface area contributed by atoms with E-state index in [-0.39, 0.29) is 11.8 Å². The largest absolute Gasteiger partial charge is 0.497 e. The minimum Gasteiger partial charge on any atom is -0.497 e. The smallest absolute Gasteiger partial charge is 0.254 e. The van der Waals surface area contributed by atoms with Gasteiger partial charge in [0, 0.05) is 24.4 Å². The van der Waals surface area contributed by atoms with Gasteiger partial charge in [-0.05, 0) is 41.5 Å². The molecule has 2 amide bonds. The van der Waals surface area contributed by atoms with Crippen LogP contribution in [0.4, 0.5) is 5.69 Å². The molecule has 7 heteroatoms. The summed E-state index contributed by atoms with van der Waals surface area (Å²) in [7, 11) is 3.34. The van der Waals surface area contributed by atoms with E-state index >= 15 is 0 Å². The summed E-state index contributed by atoms with van der Waals surface area (Å²) in [5, 5.41) is 3.02. The summed E-state index contributed by atoms with van der Waals surface area (Å²) in [6.07, 6.45) is 0. The molecule has 5 rings (SSSR count). The minimum atomic E-state index is -0.606. The van der Waals surface area contributed by atoms with Crippen molar-refractivity contribution in [3.8, 4) is 17.2 Å². The third kappa shape index (κ3) is 3.75. The minimum absolute atomic E-state index is 0.116. The molecule has 0 saturated heterocycles. The van der Waals surface area contributed by atoms with E-state index < -0.39 is 12.0 Å². The molecule has 2 heterocycles. The molecule has 0 saturated carbocycles. The normalized spacial score (nSPS) is 19.0. The molecule has 33 heavy (non-hydrogen) atoms. The van der Waals surface area contributed by atoms with Crippen molar-refractivity contribution in [3.63, 3.8) is 0 Å². The maximum Gasteiger partial charge on any atom is 0.254 e. The van der Waals surface area contributed by atoms with Gasteiger partial charge < -0.3 is 24.4 Å². The molecule has 2 atom stereocenters. The van der Waals surface area contributed by atoms with Gasteiger partial charge >= 0.3 is 0 Å². The van der Waals surface area contributed by atoms with Gasteiger partial charge in [-0.15, -0.1) is 0 Å². The number of carbonyl (C=O) groups excluding carboxylic acids is 2. The van der Waals surface area contributed by atoms with Gasteiger partial charge in [-0.3, -0.25) is 9.59 Å². The Morgan fingerprint density at radius 2 is 1.73 bits per heavy atom. The van der Waals surface area contributed by atoms with Gasteiger partial charge in [0.05, 0.1) is 19.1 Å². The van der Waals surface area contributed by atoms with Crippen molar-refractivity contribution in [1.82, 2.24) is 4.90 Å². The number of likely N-dealkylation sites (N-methyl/N-ethyl adjacent to an activating group) is 1. The van der Waals surface area contributed by atoms with Gasteiger partial charge in [0.15, 0.2) is 11.5 Å². The van der Waals surface area contributed by atoms with E-state index in [2.05, 4.69) is 5.32 Å². The van der Waals surface area contributed by atoms with Crippen LogP contribution in [0.25, 0.3) is 0 Å². The fraction of sp³-hybridized carbons (Fsp3) is 0.231. The second-order valence-electron chi connectivity index (χ2n) is 8.05. The first-order valence-corrected chi connectivity index (χ1v) is 10.8. The van der Waals surface area contributed by atoms with Gasteiger partial charge in [-0.25, -0.2) is 0 Å². The first-order valence-electron chi connectivity index (χ1n) is 10.8. The van der Waals surface area contributed by atoms with Crippen molar-refractivity contribution in [1.29, 1.82) is 0 Å². The van der Waals surface area contributed by atoms with E-state index in [1.807, 2.05) is 42.5 Å². The highest BCUT2D eigenvalue weighted by atomic mass is 16.6. The van der Waals surface area contributed by atoms with Crippen LogP contribution in [0.5, 0.6) is 17.2 Å². The lowest BCUT2D eigenvalue weighted by Gasteiger charge is -2.39. The number of ether oxygens (including phenoxy) is 3. The number of rotatable bonds is 4. The Hall–Kier alpha value is -4.00. The molecule has 3 aromatic carbocycles. The van der Waals surface area contributed by atoms with E-state index in [1.54, 1.807) is 43.3 Å². The highest BCUT2D eigenvalue weighted by molar-refractivity contribution is 6.04. The average Bonchev–Trinajstić information content (AvgIpc) is 2.86. The van der Waals surface area contributed by atoms with Crippen LogP contribution in [-0.2, 0) is 4.79 Å².